The number of halogens is 2. The molecule has 5 rings (SSSR count). The molecule has 0 unspecified atom stereocenters. The molecule has 2 atom stereocenters. The molecule has 1 aromatic heterocycles. The van der Waals surface area contributed by atoms with E-state index in [1.165, 1.54) is 31.4 Å². The van der Waals surface area contributed by atoms with E-state index in [9.17, 15) is 18.4 Å². The second-order valence-electron chi connectivity index (χ2n) is 12.2. The van der Waals surface area contributed by atoms with Crippen molar-refractivity contribution in [2.75, 3.05) is 7.11 Å². The predicted molar refractivity (Wildman–Crippen MR) is 175 cm³/mol. The van der Waals surface area contributed by atoms with Gasteiger partial charge in [0.2, 0.25) is 0 Å². The van der Waals surface area contributed by atoms with Crippen LogP contribution in [-0.2, 0) is 30.3 Å². The highest BCUT2D eigenvalue weighted by atomic mass is 19.1. The second-order valence-corrected chi connectivity index (χ2v) is 12.2. The zero-order valence-electron chi connectivity index (χ0n) is 27.2. The molecular formula is C38H39F2NO6. The molecule has 0 aliphatic carbocycles. The zero-order chi connectivity index (χ0) is 33.7. The second kappa shape index (κ2) is 14.4. The molecule has 1 saturated heterocycles. The van der Waals surface area contributed by atoms with Crippen molar-refractivity contribution in [3.63, 3.8) is 0 Å². The molecule has 0 amide bonds. The van der Waals surface area contributed by atoms with Crippen molar-refractivity contribution in [1.82, 2.24) is 4.57 Å². The van der Waals surface area contributed by atoms with Crippen LogP contribution in [-0.4, -0.2) is 41.6 Å². The molecule has 1 aliphatic heterocycles. The molecular weight excluding hydrogens is 604 g/mol. The normalized spacial score (nSPS) is 17.6. The highest BCUT2D eigenvalue weighted by molar-refractivity contribution is 6.04. The zero-order valence-corrected chi connectivity index (χ0v) is 27.2. The van der Waals surface area contributed by atoms with Gasteiger partial charge in [0.25, 0.3) is 0 Å². The molecule has 246 valence electrons. The van der Waals surface area contributed by atoms with Gasteiger partial charge < -0.3 is 23.5 Å². The summed E-state index contributed by atoms with van der Waals surface area (Å²) in [7, 11) is 1.34. The largest absolute Gasteiger partial charge is 0.469 e. The lowest BCUT2D eigenvalue weighted by Gasteiger charge is -2.39. The quantitative estimate of drug-likeness (QED) is 0.161. The number of nitrogens with zero attached hydrogens (tertiary/aromatic N) is 1. The first-order valence-electron chi connectivity index (χ1n) is 15.6. The third-order valence-electron chi connectivity index (χ3n) is 7.90. The molecule has 1 fully saturated rings. The summed E-state index contributed by atoms with van der Waals surface area (Å²) in [6.45, 7) is 7.52. The average Bonchev–Trinajstić information content (AvgIpc) is 3.38. The Kier molecular flexibility index (Phi) is 10.4. The minimum Gasteiger partial charge on any atom is -0.469 e. The number of hydrogen-bond acceptors (Lipinski definition) is 6. The summed E-state index contributed by atoms with van der Waals surface area (Å²) in [4.78, 5) is 26.2. The van der Waals surface area contributed by atoms with Gasteiger partial charge in [0.1, 0.15) is 23.9 Å². The fraction of sp³-hybridized carbons (Fsp3) is 0.316. The smallest absolute Gasteiger partial charge is 0.355 e. The molecule has 0 N–H and O–H groups in total. The Hall–Kier alpha value is -4.60. The Morgan fingerprint density at radius 2 is 1.51 bits per heavy atom. The Labute approximate surface area is 273 Å². The molecule has 2 heterocycles. The Bertz CT molecular complexity index is 1730. The van der Waals surface area contributed by atoms with E-state index in [-0.39, 0.29) is 30.7 Å². The summed E-state index contributed by atoms with van der Waals surface area (Å²) in [5, 5.41) is 0. The number of hydrogen-bond donors (Lipinski definition) is 0. The summed E-state index contributed by atoms with van der Waals surface area (Å²) in [6, 6.07) is 21.1. The monoisotopic (exact) mass is 643 g/mol. The van der Waals surface area contributed by atoms with E-state index in [1.54, 1.807) is 38.1 Å². The van der Waals surface area contributed by atoms with Gasteiger partial charge in [0.15, 0.2) is 5.79 Å². The lowest BCUT2D eigenvalue weighted by atomic mass is 9.94. The number of carbonyl (C=O) groups is 2. The Morgan fingerprint density at radius 1 is 0.915 bits per heavy atom. The maximum absolute atomic E-state index is 14.2. The van der Waals surface area contributed by atoms with Crippen molar-refractivity contribution in [3.05, 3.63) is 114 Å². The van der Waals surface area contributed by atoms with Gasteiger partial charge in [-0.25, -0.2) is 13.6 Å². The van der Waals surface area contributed by atoms with Gasteiger partial charge >= 0.3 is 11.9 Å². The van der Waals surface area contributed by atoms with Crippen molar-refractivity contribution in [1.29, 1.82) is 0 Å². The lowest BCUT2D eigenvalue weighted by Crippen LogP contribution is -2.44. The van der Waals surface area contributed by atoms with E-state index in [1.807, 2.05) is 60.9 Å². The van der Waals surface area contributed by atoms with E-state index in [0.29, 0.717) is 34.4 Å². The SMILES string of the molecule is COC(=O)C[C@H]1C[C@@H](/C=C/c2c(-c3ccc(F)cc3)c(-c3ccc(F)cc3)c(C(=O)OCc3ccccc3)n2C(C)C)OC(C)(C)O1. The molecule has 0 spiro atoms. The fourth-order valence-corrected chi connectivity index (χ4v) is 5.97. The number of benzene rings is 3. The summed E-state index contributed by atoms with van der Waals surface area (Å²) >= 11 is 0. The summed E-state index contributed by atoms with van der Waals surface area (Å²) < 4.78 is 53.2. The summed E-state index contributed by atoms with van der Waals surface area (Å²) in [5.41, 5.74) is 4.16. The molecule has 4 aromatic rings. The van der Waals surface area contributed by atoms with Gasteiger partial charge in [0.05, 0.1) is 25.7 Å². The third kappa shape index (κ3) is 8.04. The first-order valence-corrected chi connectivity index (χ1v) is 15.6. The van der Waals surface area contributed by atoms with Gasteiger partial charge in [-0.2, -0.15) is 0 Å². The number of ether oxygens (including phenoxy) is 4. The highest BCUT2D eigenvalue weighted by Gasteiger charge is 2.36. The Morgan fingerprint density at radius 3 is 2.09 bits per heavy atom. The van der Waals surface area contributed by atoms with E-state index in [4.69, 9.17) is 18.9 Å². The predicted octanol–water partition coefficient (Wildman–Crippen LogP) is 8.52. The van der Waals surface area contributed by atoms with Gasteiger partial charge in [0, 0.05) is 29.3 Å². The summed E-state index contributed by atoms with van der Waals surface area (Å²) in [6.07, 6.45) is 3.33. The number of rotatable bonds is 10. The van der Waals surface area contributed by atoms with Crippen LogP contribution in [0, 0.1) is 11.6 Å². The minimum absolute atomic E-state index is 0.0510. The van der Waals surface area contributed by atoms with Crippen molar-refractivity contribution >= 4 is 18.0 Å². The maximum atomic E-state index is 14.2. The molecule has 47 heavy (non-hydrogen) atoms. The molecule has 0 saturated carbocycles. The molecule has 9 heteroatoms. The average molecular weight is 644 g/mol. The molecule has 0 radical (unpaired) electrons. The number of esters is 2. The van der Waals surface area contributed by atoms with Gasteiger partial charge in [-0.1, -0.05) is 60.7 Å². The minimum atomic E-state index is -0.975. The van der Waals surface area contributed by atoms with Crippen molar-refractivity contribution in [3.8, 4) is 22.3 Å². The van der Waals surface area contributed by atoms with Gasteiger partial charge in [-0.15, -0.1) is 0 Å². The van der Waals surface area contributed by atoms with Crippen LogP contribution in [0.2, 0.25) is 0 Å². The van der Waals surface area contributed by atoms with Crippen LogP contribution in [0.5, 0.6) is 0 Å². The van der Waals surface area contributed by atoms with E-state index in [2.05, 4.69) is 0 Å². The van der Waals surface area contributed by atoms with Crippen molar-refractivity contribution < 1.29 is 37.3 Å². The van der Waals surface area contributed by atoms with Crippen LogP contribution in [0.25, 0.3) is 28.3 Å². The maximum Gasteiger partial charge on any atom is 0.355 e. The van der Waals surface area contributed by atoms with Crippen molar-refractivity contribution in [2.45, 2.75) is 71.2 Å². The van der Waals surface area contributed by atoms with E-state index >= 15 is 0 Å². The standard InChI is InChI=1S/C38H39F2NO6/c1-24(2)41-32(20-19-30-21-31(22-33(42)44-5)47-38(3,4)46-30)34(26-11-15-28(39)16-12-26)35(27-13-17-29(40)18-14-27)36(41)37(43)45-23-25-9-7-6-8-10-25/h6-20,24,30-31H,21-23H2,1-5H3/b20-19+/t30-,31-/m1/s1. The highest BCUT2D eigenvalue weighted by Crippen LogP contribution is 2.43. The molecule has 7 nitrogen and oxygen atoms in total. The topological polar surface area (TPSA) is 76.0 Å². The van der Waals surface area contributed by atoms with Gasteiger partial charge in [-0.3, -0.25) is 4.79 Å². The van der Waals surface area contributed by atoms with Crippen LogP contribution >= 0.6 is 0 Å². The van der Waals surface area contributed by atoms with Crippen LogP contribution in [0.1, 0.15) is 68.3 Å². The van der Waals surface area contributed by atoms with Gasteiger partial charge in [-0.05, 0) is 74.7 Å². The van der Waals surface area contributed by atoms with Crippen LogP contribution in [0.3, 0.4) is 0 Å². The number of aromatic nitrogens is 1. The van der Waals surface area contributed by atoms with Crippen LogP contribution in [0.15, 0.2) is 84.9 Å². The van der Waals surface area contributed by atoms with E-state index < -0.39 is 35.6 Å². The summed E-state index contributed by atoms with van der Waals surface area (Å²) in [5.74, 6) is -2.75. The fourth-order valence-electron chi connectivity index (χ4n) is 5.97. The van der Waals surface area contributed by atoms with Crippen molar-refractivity contribution in [2.24, 2.45) is 0 Å². The molecule has 1 aliphatic rings. The van der Waals surface area contributed by atoms with E-state index in [0.717, 1.165) is 5.56 Å². The number of methoxy groups -OCH3 is 1. The molecule has 0 bridgehead atoms. The number of carbonyl (C=O) groups excluding carboxylic acids is 2. The first-order chi connectivity index (χ1) is 22.5. The molecule has 3 aromatic carbocycles. The van der Waals surface area contributed by atoms with Crippen LogP contribution < -0.4 is 0 Å². The first kappa shape index (κ1) is 33.8. The third-order valence-corrected chi connectivity index (χ3v) is 7.90. The Balaban J connectivity index is 1.69. The lowest BCUT2D eigenvalue weighted by molar-refractivity contribution is -0.290. The van der Waals surface area contributed by atoms with Crippen LogP contribution in [0.4, 0.5) is 8.78 Å².